The van der Waals surface area contributed by atoms with Crippen LogP contribution in [0.3, 0.4) is 0 Å². The minimum Gasteiger partial charge on any atom is -0.300 e. The van der Waals surface area contributed by atoms with Crippen LogP contribution in [0.25, 0.3) is 0 Å². The van der Waals surface area contributed by atoms with E-state index in [0.717, 1.165) is 25.7 Å². The van der Waals surface area contributed by atoms with Crippen LogP contribution >= 0.6 is 22.6 Å². The minimum absolute atomic E-state index is 0.0383. The number of carbonyl (C=O) groups excluding carboxylic acids is 1. The van der Waals surface area contributed by atoms with Gasteiger partial charge in [-0.3, -0.25) is 4.79 Å². The van der Waals surface area contributed by atoms with Gasteiger partial charge >= 0.3 is 0 Å². The topological polar surface area (TPSA) is 17.1 Å². The summed E-state index contributed by atoms with van der Waals surface area (Å²) in [5.74, 6) is 3.37. The molecule has 1 fully saturated rings. The number of hydrogen-bond donors (Lipinski definition) is 0. The smallest absolute Gasteiger partial charge is 0.131 e. The van der Waals surface area contributed by atoms with Crippen molar-refractivity contribution in [3.63, 3.8) is 0 Å². The predicted molar refractivity (Wildman–Crippen MR) is 72.0 cm³/mol. The van der Waals surface area contributed by atoms with Crippen LogP contribution < -0.4 is 0 Å². The maximum Gasteiger partial charge on any atom is 0.131 e. The van der Waals surface area contributed by atoms with Crippen LogP contribution in [-0.4, -0.2) is 9.20 Å². The highest BCUT2D eigenvalue weighted by atomic mass is 127. The molecule has 1 saturated carbocycles. The first kappa shape index (κ1) is 12.8. The molecule has 2 unspecified atom stereocenters. The largest absolute Gasteiger partial charge is 0.300 e. The first-order valence-electron chi connectivity index (χ1n) is 5.30. The zero-order chi connectivity index (χ0) is 11.5. The van der Waals surface area contributed by atoms with Crippen LogP contribution in [0, 0.1) is 18.3 Å². The summed E-state index contributed by atoms with van der Waals surface area (Å²) in [6, 6.07) is 0. The van der Waals surface area contributed by atoms with Crippen LogP contribution in [0.4, 0.5) is 0 Å². The molecular formula is C13H17IO. The number of rotatable bonds is 3. The molecule has 0 heterocycles. The average molecular weight is 316 g/mol. The van der Waals surface area contributed by atoms with E-state index in [1.165, 1.54) is 5.57 Å². The molecule has 0 aromatic rings. The summed E-state index contributed by atoms with van der Waals surface area (Å²) in [4.78, 5) is 11.2. The third kappa shape index (κ3) is 3.07. The molecule has 2 heteroatoms. The zero-order valence-corrected chi connectivity index (χ0v) is 11.3. The van der Waals surface area contributed by atoms with Gasteiger partial charge in [0.15, 0.2) is 0 Å². The van der Waals surface area contributed by atoms with Gasteiger partial charge in [0.2, 0.25) is 0 Å². The molecule has 0 aromatic heterocycles. The Hall–Kier alpha value is -0.300. The number of carbonyl (C=O) groups is 1. The van der Waals surface area contributed by atoms with Crippen molar-refractivity contribution in [2.75, 3.05) is 0 Å². The first-order valence-corrected chi connectivity index (χ1v) is 6.38. The van der Waals surface area contributed by atoms with E-state index in [1.54, 1.807) is 6.92 Å². The summed E-state index contributed by atoms with van der Waals surface area (Å²) in [5.41, 5.74) is 1.18. The van der Waals surface area contributed by atoms with Crippen LogP contribution in [0.1, 0.15) is 39.0 Å². The lowest BCUT2D eigenvalue weighted by Crippen LogP contribution is -2.33. The number of Topliss-reactive ketones (excluding diaryl/α,β-unsaturated/α-hetero) is 1. The molecule has 0 saturated heterocycles. The Morgan fingerprint density at radius 3 is 3.00 bits per heavy atom. The van der Waals surface area contributed by atoms with Gasteiger partial charge in [-0.15, -0.1) is 12.3 Å². The maximum atomic E-state index is 11.2. The van der Waals surface area contributed by atoms with Crippen molar-refractivity contribution >= 4 is 28.4 Å². The van der Waals surface area contributed by atoms with E-state index in [1.807, 2.05) is 0 Å². The SMILES string of the molecule is C#CCC1CCCC(I)(CC(C)=O)C1=C. The number of alkyl halides is 1. The third-order valence-electron chi connectivity index (χ3n) is 3.09. The van der Waals surface area contributed by atoms with Gasteiger partial charge in [0.25, 0.3) is 0 Å². The van der Waals surface area contributed by atoms with Gasteiger partial charge in [-0.05, 0) is 25.7 Å². The standard InChI is InChI=1S/C13H17IO/c1-4-6-12-7-5-8-13(14,11(12)3)9-10(2)15/h1,12H,3,5-9H2,2H3. The molecule has 0 aliphatic heterocycles. The van der Waals surface area contributed by atoms with Crippen molar-refractivity contribution in [2.45, 2.75) is 42.4 Å². The molecule has 0 N–H and O–H groups in total. The number of terminal acetylenes is 1. The van der Waals surface area contributed by atoms with E-state index >= 15 is 0 Å². The summed E-state index contributed by atoms with van der Waals surface area (Å²) in [7, 11) is 0. The molecule has 1 rings (SSSR count). The van der Waals surface area contributed by atoms with Gasteiger partial charge in [-0.2, -0.15) is 0 Å². The first-order chi connectivity index (χ1) is 6.99. The number of halogens is 1. The Morgan fingerprint density at radius 1 is 1.80 bits per heavy atom. The molecule has 82 valence electrons. The summed E-state index contributed by atoms with van der Waals surface area (Å²) in [5, 5.41) is 0. The molecule has 0 radical (unpaired) electrons. The lowest BCUT2D eigenvalue weighted by Gasteiger charge is -2.38. The summed E-state index contributed by atoms with van der Waals surface area (Å²) < 4.78 is -0.0383. The molecule has 0 spiro atoms. The summed E-state index contributed by atoms with van der Waals surface area (Å²) >= 11 is 2.40. The highest BCUT2D eigenvalue weighted by molar-refractivity contribution is 14.1. The van der Waals surface area contributed by atoms with Crippen LogP contribution in [0.15, 0.2) is 12.2 Å². The number of hydrogen-bond acceptors (Lipinski definition) is 1. The molecule has 0 amide bonds. The van der Waals surface area contributed by atoms with E-state index in [4.69, 9.17) is 6.42 Å². The van der Waals surface area contributed by atoms with Crippen LogP contribution in [-0.2, 0) is 4.79 Å². The van der Waals surface area contributed by atoms with Crippen molar-refractivity contribution in [2.24, 2.45) is 5.92 Å². The Kier molecular flexibility index (Phi) is 4.39. The lowest BCUT2D eigenvalue weighted by molar-refractivity contribution is -0.117. The monoisotopic (exact) mass is 316 g/mol. The molecule has 1 nitrogen and oxygen atoms in total. The van der Waals surface area contributed by atoms with E-state index in [9.17, 15) is 4.79 Å². The molecule has 1 aliphatic carbocycles. The van der Waals surface area contributed by atoms with Crippen molar-refractivity contribution in [1.29, 1.82) is 0 Å². The number of ketones is 1. The predicted octanol–water partition coefficient (Wildman–Crippen LogP) is 3.52. The van der Waals surface area contributed by atoms with Crippen molar-refractivity contribution in [3.05, 3.63) is 12.2 Å². The summed E-state index contributed by atoms with van der Waals surface area (Å²) in [6.07, 6.45) is 10.1. The van der Waals surface area contributed by atoms with Gasteiger partial charge in [-0.25, -0.2) is 0 Å². The van der Waals surface area contributed by atoms with Gasteiger partial charge in [0.05, 0.1) is 0 Å². The number of allylic oxidation sites excluding steroid dienone is 1. The minimum atomic E-state index is -0.0383. The third-order valence-corrected chi connectivity index (χ3v) is 4.70. The highest BCUT2D eigenvalue weighted by Crippen LogP contribution is 2.46. The maximum absolute atomic E-state index is 11.2. The van der Waals surface area contributed by atoms with Crippen LogP contribution in [0.5, 0.6) is 0 Å². The molecule has 15 heavy (non-hydrogen) atoms. The Bertz CT molecular complexity index is 313. The second kappa shape index (κ2) is 5.16. The molecule has 1 aliphatic rings. The second-order valence-electron chi connectivity index (χ2n) is 4.37. The van der Waals surface area contributed by atoms with Gasteiger partial charge in [0, 0.05) is 16.3 Å². The van der Waals surface area contributed by atoms with Gasteiger partial charge in [-0.1, -0.05) is 41.2 Å². The Morgan fingerprint density at radius 2 is 2.47 bits per heavy atom. The molecule has 0 aromatic carbocycles. The van der Waals surface area contributed by atoms with E-state index in [2.05, 4.69) is 35.1 Å². The zero-order valence-electron chi connectivity index (χ0n) is 9.18. The van der Waals surface area contributed by atoms with Crippen molar-refractivity contribution < 1.29 is 4.79 Å². The Balaban J connectivity index is 2.77. The van der Waals surface area contributed by atoms with Gasteiger partial charge in [0.1, 0.15) is 5.78 Å². The van der Waals surface area contributed by atoms with Crippen molar-refractivity contribution in [3.8, 4) is 12.3 Å². The fourth-order valence-corrected chi connectivity index (χ4v) is 3.65. The molecular weight excluding hydrogens is 299 g/mol. The van der Waals surface area contributed by atoms with Crippen molar-refractivity contribution in [1.82, 2.24) is 0 Å². The highest BCUT2D eigenvalue weighted by Gasteiger charge is 2.37. The molecule has 0 bridgehead atoms. The summed E-state index contributed by atoms with van der Waals surface area (Å²) in [6.45, 7) is 5.82. The Labute approximate surface area is 106 Å². The van der Waals surface area contributed by atoms with E-state index < -0.39 is 0 Å². The van der Waals surface area contributed by atoms with E-state index in [0.29, 0.717) is 12.3 Å². The molecule has 2 atom stereocenters. The van der Waals surface area contributed by atoms with E-state index in [-0.39, 0.29) is 9.20 Å². The quantitative estimate of drug-likeness (QED) is 0.337. The normalized spacial score (nSPS) is 31.0. The average Bonchev–Trinajstić information content (AvgIpc) is 2.12. The lowest BCUT2D eigenvalue weighted by atomic mass is 9.74. The second-order valence-corrected chi connectivity index (χ2v) is 6.43. The van der Waals surface area contributed by atoms with Crippen LogP contribution in [0.2, 0.25) is 0 Å². The van der Waals surface area contributed by atoms with Gasteiger partial charge < -0.3 is 0 Å². The fraction of sp³-hybridized carbons (Fsp3) is 0.615. The fourth-order valence-electron chi connectivity index (χ4n) is 2.29.